The standard InChI is InChI=1S/C28H29N5O4S/c1-3-22(31-26(34)18-7-8-23-19(12-18)15-30-32-23)28(36)33-10-9-24-20(16-33)13-25(38-24)27(35)29-14-17-5-4-6-21(11-17)37-2/h4-8,11-13,15,22H,3,9-10,14,16H2,1-2H3,(H,29,35)(H,30,32)(H,31,34)/t22-/m1/s1. The van der Waals surface area contributed by atoms with Gasteiger partial charge in [0, 0.05) is 35.5 Å². The van der Waals surface area contributed by atoms with Crippen LogP contribution >= 0.6 is 11.3 Å². The SMILES string of the molecule is CC[C@@H](NC(=O)c1ccc2[nH]ncc2c1)C(=O)N1CCc2sc(C(=O)NCc3cccc(OC)c3)cc2C1. The molecule has 3 amide bonds. The van der Waals surface area contributed by atoms with Crippen LogP contribution in [-0.4, -0.2) is 52.5 Å². The molecule has 0 unspecified atom stereocenters. The number of H-pyrrole nitrogens is 1. The summed E-state index contributed by atoms with van der Waals surface area (Å²) in [7, 11) is 1.61. The molecule has 1 aliphatic rings. The van der Waals surface area contributed by atoms with Gasteiger partial charge in [0.05, 0.1) is 23.7 Å². The first-order valence-corrected chi connectivity index (χ1v) is 13.3. The molecule has 0 saturated carbocycles. The molecule has 3 heterocycles. The summed E-state index contributed by atoms with van der Waals surface area (Å²) in [5.74, 6) is 0.190. The summed E-state index contributed by atoms with van der Waals surface area (Å²) < 4.78 is 5.24. The predicted octanol–water partition coefficient (Wildman–Crippen LogP) is 3.66. The Morgan fingerprint density at radius 2 is 2.03 bits per heavy atom. The summed E-state index contributed by atoms with van der Waals surface area (Å²) in [5.41, 5.74) is 3.26. The molecule has 196 valence electrons. The van der Waals surface area contributed by atoms with Crippen LogP contribution in [0.1, 0.15) is 49.4 Å². The van der Waals surface area contributed by atoms with E-state index >= 15 is 0 Å². The molecule has 0 fully saturated rings. The molecule has 10 heteroatoms. The molecule has 2 aromatic carbocycles. The number of carbonyl (C=O) groups excluding carboxylic acids is 3. The number of benzene rings is 2. The van der Waals surface area contributed by atoms with E-state index in [4.69, 9.17) is 4.74 Å². The van der Waals surface area contributed by atoms with Gasteiger partial charge in [0.1, 0.15) is 11.8 Å². The van der Waals surface area contributed by atoms with Gasteiger partial charge in [-0.2, -0.15) is 5.10 Å². The maximum absolute atomic E-state index is 13.3. The molecule has 0 radical (unpaired) electrons. The Morgan fingerprint density at radius 3 is 2.84 bits per heavy atom. The highest BCUT2D eigenvalue weighted by molar-refractivity contribution is 7.14. The van der Waals surface area contributed by atoms with E-state index in [0.29, 0.717) is 42.9 Å². The number of nitrogens with one attached hydrogen (secondary N) is 3. The van der Waals surface area contributed by atoms with Crippen molar-refractivity contribution in [3.8, 4) is 5.75 Å². The lowest BCUT2D eigenvalue weighted by molar-refractivity contribution is -0.134. The number of amides is 3. The van der Waals surface area contributed by atoms with E-state index in [1.165, 1.54) is 11.3 Å². The second-order valence-corrected chi connectivity index (χ2v) is 10.3. The Morgan fingerprint density at radius 1 is 1.16 bits per heavy atom. The van der Waals surface area contributed by atoms with Crippen molar-refractivity contribution in [3.05, 3.63) is 81.2 Å². The van der Waals surface area contributed by atoms with Crippen LogP contribution in [0.3, 0.4) is 0 Å². The molecule has 3 N–H and O–H groups in total. The Bertz CT molecular complexity index is 1490. The van der Waals surface area contributed by atoms with Crippen molar-refractivity contribution in [2.24, 2.45) is 0 Å². The third-order valence-corrected chi connectivity index (χ3v) is 7.94. The van der Waals surface area contributed by atoms with E-state index in [1.54, 1.807) is 36.4 Å². The number of hydrogen-bond acceptors (Lipinski definition) is 6. The summed E-state index contributed by atoms with van der Waals surface area (Å²) >= 11 is 1.47. The molecule has 4 aromatic rings. The molecule has 0 bridgehead atoms. The van der Waals surface area contributed by atoms with Crippen LogP contribution in [0.15, 0.2) is 54.7 Å². The lowest BCUT2D eigenvalue weighted by Gasteiger charge is -2.30. The molecule has 9 nitrogen and oxygen atoms in total. The summed E-state index contributed by atoms with van der Waals surface area (Å²) in [6, 6.07) is 14.1. The Balaban J connectivity index is 1.20. The van der Waals surface area contributed by atoms with Crippen LogP contribution < -0.4 is 15.4 Å². The number of hydrogen-bond donors (Lipinski definition) is 3. The monoisotopic (exact) mass is 531 g/mol. The van der Waals surface area contributed by atoms with Crippen molar-refractivity contribution in [2.45, 2.75) is 38.9 Å². The quantitative estimate of drug-likeness (QED) is 0.321. The molecular formula is C28H29N5O4S. The zero-order valence-electron chi connectivity index (χ0n) is 21.2. The number of methoxy groups -OCH3 is 1. The molecule has 1 aliphatic heterocycles. The highest BCUT2D eigenvalue weighted by Crippen LogP contribution is 2.29. The summed E-state index contributed by atoms with van der Waals surface area (Å²) in [4.78, 5) is 42.5. The van der Waals surface area contributed by atoms with E-state index in [9.17, 15) is 14.4 Å². The van der Waals surface area contributed by atoms with Gasteiger partial charge in [0.15, 0.2) is 0 Å². The Labute approximate surface area is 224 Å². The van der Waals surface area contributed by atoms with Gasteiger partial charge in [0.2, 0.25) is 5.91 Å². The smallest absolute Gasteiger partial charge is 0.261 e. The molecule has 0 spiro atoms. The number of ether oxygens (including phenoxy) is 1. The Hall–Kier alpha value is -4.18. The van der Waals surface area contributed by atoms with E-state index in [1.807, 2.05) is 37.3 Å². The Kier molecular flexibility index (Phi) is 7.41. The van der Waals surface area contributed by atoms with Crippen molar-refractivity contribution < 1.29 is 19.1 Å². The third kappa shape index (κ3) is 5.40. The minimum atomic E-state index is -0.631. The fourth-order valence-electron chi connectivity index (χ4n) is 4.57. The van der Waals surface area contributed by atoms with Crippen molar-refractivity contribution in [1.29, 1.82) is 0 Å². The van der Waals surface area contributed by atoms with Gasteiger partial charge in [-0.1, -0.05) is 19.1 Å². The van der Waals surface area contributed by atoms with Gasteiger partial charge in [0.25, 0.3) is 11.8 Å². The van der Waals surface area contributed by atoms with Gasteiger partial charge >= 0.3 is 0 Å². The van der Waals surface area contributed by atoms with Crippen molar-refractivity contribution >= 4 is 40.0 Å². The topological polar surface area (TPSA) is 116 Å². The van der Waals surface area contributed by atoms with Gasteiger partial charge in [-0.25, -0.2) is 0 Å². The van der Waals surface area contributed by atoms with Crippen LogP contribution in [0.25, 0.3) is 10.9 Å². The fourth-order valence-corrected chi connectivity index (χ4v) is 5.65. The van der Waals surface area contributed by atoms with Crippen molar-refractivity contribution in [2.75, 3.05) is 13.7 Å². The minimum Gasteiger partial charge on any atom is -0.497 e. The maximum Gasteiger partial charge on any atom is 0.261 e. The first-order valence-electron chi connectivity index (χ1n) is 12.5. The largest absolute Gasteiger partial charge is 0.497 e. The van der Waals surface area contributed by atoms with Crippen LogP contribution in [0, 0.1) is 0 Å². The van der Waals surface area contributed by atoms with Crippen LogP contribution in [0.4, 0.5) is 0 Å². The minimum absolute atomic E-state index is 0.119. The number of carbonyl (C=O) groups is 3. The molecule has 1 atom stereocenters. The maximum atomic E-state index is 13.3. The van der Waals surface area contributed by atoms with Gasteiger partial charge in [-0.15, -0.1) is 11.3 Å². The third-order valence-electron chi connectivity index (χ3n) is 6.70. The molecule has 0 saturated heterocycles. The summed E-state index contributed by atoms with van der Waals surface area (Å²) in [6.45, 7) is 3.24. The van der Waals surface area contributed by atoms with Gasteiger partial charge in [-0.3, -0.25) is 19.5 Å². The van der Waals surface area contributed by atoms with Crippen molar-refractivity contribution in [3.63, 3.8) is 0 Å². The van der Waals surface area contributed by atoms with Gasteiger partial charge < -0.3 is 20.3 Å². The second kappa shape index (κ2) is 11.1. The normalized spacial score (nSPS) is 13.6. The van der Waals surface area contributed by atoms with Crippen molar-refractivity contribution in [1.82, 2.24) is 25.7 Å². The molecule has 2 aromatic heterocycles. The first-order chi connectivity index (χ1) is 18.4. The highest BCUT2D eigenvalue weighted by Gasteiger charge is 2.29. The van der Waals surface area contributed by atoms with Crippen LogP contribution in [0.2, 0.25) is 0 Å². The molecule has 0 aliphatic carbocycles. The molecule has 5 rings (SSSR count). The number of aromatic amines is 1. The molecule has 38 heavy (non-hydrogen) atoms. The second-order valence-electron chi connectivity index (χ2n) is 9.21. The van der Waals surface area contributed by atoms with E-state index in [-0.39, 0.29) is 17.7 Å². The number of nitrogens with zero attached hydrogens (tertiary/aromatic N) is 2. The predicted molar refractivity (Wildman–Crippen MR) is 145 cm³/mol. The van der Waals surface area contributed by atoms with Crippen LogP contribution in [-0.2, 0) is 24.3 Å². The highest BCUT2D eigenvalue weighted by atomic mass is 32.1. The average molecular weight is 532 g/mol. The lowest BCUT2D eigenvalue weighted by atomic mass is 10.1. The number of aromatic nitrogens is 2. The fraction of sp³-hybridized carbons (Fsp3) is 0.286. The first kappa shape index (κ1) is 25.5. The van der Waals surface area contributed by atoms with Gasteiger partial charge in [-0.05, 0) is 60.4 Å². The summed E-state index contributed by atoms with van der Waals surface area (Å²) in [5, 5.41) is 13.5. The number of fused-ring (bicyclic) bond motifs is 2. The number of thiophene rings is 1. The number of rotatable bonds is 8. The van der Waals surface area contributed by atoms with Crippen LogP contribution in [0.5, 0.6) is 5.75 Å². The van der Waals surface area contributed by atoms with E-state index in [2.05, 4.69) is 20.8 Å². The van der Waals surface area contributed by atoms with E-state index in [0.717, 1.165) is 32.7 Å². The van der Waals surface area contributed by atoms with E-state index < -0.39 is 6.04 Å². The molecular weight excluding hydrogens is 502 g/mol. The zero-order valence-corrected chi connectivity index (χ0v) is 22.1. The summed E-state index contributed by atoms with van der Waals surface area (Å²) in [6.07, 6.45) is 2.81. The lowest BCUT2D eigenvalue weighted by Crippen LogP contribution is -2.49. The average Bonchev–Trinajstić information content (AvgIpc) is 3.60. The zero-order chi connectivity index (χ0) is 26.6.